The summed E-state index contributed by atoms with van der Waals surface area (Å²) in [6.07, 6.45) is 10.4. The van der Waals surface area contributed by atoms with Crippen LogP contribution in [0, 0.1) is 5.82 Å². The number of unbranched alkanes of at least 4 members (excludes halogenated alkanes) is 7. The molecule has 0 spiro atoms. The van der Waals surface area contributed by atoms with Crippen LogP contribution >= 0.6 is 15.9 Å². The first-order valence-electron chi connectivity index (χ1n) is 9.95. The number of rotatable bonds is 9. The highest BCUT2D eigenvalue weighted by Crippen LogP contribution is 2.29. The van der Waals surface area contributed by atoms with Crippen LogP contribution in [0.15, 0.2) is 44.0 Å². The summed E-state index contributed by atoms with van der Waals surface area (Å²) in [6, 6.07) is 9.11. The van der Waals surface area contributed by atoms with Crippen LogP contribution in [-0.4, -0.2) is 0 Å². The third-order valence-electron chi connectivity index (χ3n) is 5.16. The van der Waals surface area contributed by atoms with Crippen LogP contribution in [-0.2, 0) is 6.42 Å². The van der Waals surface area contributed by atoms with Crippen molar-refractivity contribution in [3.05, 3.63) is 56.6 Å². The summed E-state index contributed by atoms with van der Waals surface area (Å²) in [5, 5.41) is 1.84. The van der Waals surface area contributed by atoms with Crippen LogP contribution in [0.5, 0.6) is 0 Å². The zero-order valence-corrected chi connectivity index (χ0v) is 17.4. The Morgan fingerprint density at radius 2 is 1.56 bits per heavy atom. The van der Waals surface area contributed by atoms with Gasteiger partial charge in [0.25, 0.3) is 0 Å². The molecule has 1 aromatic heterocycles. The van der Waals surface area contributed by atoms with Crippen LogP contribution in [0.4, 0.5) is 4.39 Å². The molecule has 0 aliphatic heterocycles. The van der Waals surface area contributed by atoms with Crippen LogP contribution in [0.3, 0.4) is 0 Å². The zero-order chi connectivity index (χ0) is 19.2. The molecule has 0 bridgehead atoms. The van der Waals surface area contributed by atoms with Gasteiger partial charge in [0, 0.05) is 15.2 Å². The van der Waals surface area contributed by atoms with Crippen LogP contribution in [0.25, 0.3) is 21.7 Å². The lowest BCUT2D eigenvalue weighted by Gasteiger charge is -2.08. The van der Waals surface area contributed by atoms with E-state index in [4.69, 9.17) is 4.42 Å². The molecule has 0 radical (unpaired) electrons. The fourth-order valence-corrected chi connectivity index (χ4v) is 3.98. The number of benzene rings is 2. The topological polar surface area (TPSA) is 30.2 Å². The monoisotopic (exact) mass is 432 g/mol. The molecule has 2 aromatic carbocycles. The lowest BCUT2D eigenvalue weighted by molar-refractivity contribution is 0.520. The summed E-state index contributed by atoms with van der Waals surface area (Å²) in [6.45, 7) is 2.22. The molecule has 3 rings (SSSR count). The Kier molecular flexibility index (Phi) is 7.06. The van der Waals surface area contributed by atoms with Gasteiger partial charge in [-0.3, -0.25) is 0 Å². The van der Waals surface area contributed by atoms with E-state index in [-0.39, 0.29) is 5.58 Å². The van der Waals surface area contributed by atoms with Gasteiger partial charge in [0.15, 0.2) is 11.4 Å². The van der Waals surface area contributed by atoms with Crippen molar-refractivity contribution in [2.45, 2.75) is 64.7 Å². The normalized spacial score (nSPS) is 11.5. The highest BCUT2D eigenvalue weighted by atomic mass is 79.9. The van der Waals surface area contributed by atoms with E-state index in [0.717, 1.165) is 22.7 Å². The van der Waals surface area contributed by atoms with Gasteiger partial charge in [0.1, 0.15) is 0 Å². The minimum atomic E-state index is -0.498. The summed E-state index contributed by atoms with van der Waals surface area (Å²) in [5.74, 6) is -0.391. The lowest BCUT2D eigenvalue weighted by Crippen LogP contribution is -2.02. The Hall–Kier alpha value is -1.68. The van der Waals surface area contributed by atoms with Gasteiger partial charge >= 0.3 is 5.63 Å². The molecule has 0 N–H and O–H groups in total. The number of hydrogen-bond acceptors (Lipinski definition) is 2. The lowest BCUT2D eigenvalue weighted by atomic mass is 10.0. The minimum Gasteiger partial charge on any atom is -0.419 e. The number of halogens is 2. The minimum absolute atomic E-state index is 0.0758. The third kappa shape index (κ3) is 4.78. The predicted octanol–water partition coefficient (Wildman–Crippen LogP) is 7.53. The van der Waals surface area contributed by atoms with Crippen molar-refractivity contribution < 1.29 is 8.81 Å². The fourth-order valence-electron chi connectivity index (χ4n) is 3.62. The fraction of sp³-hybridized carbons (Fsp3) is 0.435. The summed E-state index contributed by atoms with van der Waals surface area (Å²) in [7, 11) is 0. The molecule has 3 aromatic rings. The Morgan fingerprint density at radius 1 is 0.889 bits per heavy atom. The van der Waals surface area contributed by atoms with Crippen LogP contribution < -0.4 is 5.63 Å². The highest BCUT2D eigenvalue weighted by Gasteiger charge is 2.14. The van der Waals surface area contributed by atoms with Gasteiger partial charge in [-0.1, -0.05) is 86.0 Å². The van der Waals surface area contributed by atoms with Crippen molar-refractivity contribution in [3.63, 3.8) is 0 Å². The van der Waals surface area contributed by atoms with E-state index in [1.165, 1.54) is 38.5 Å². The Labute approximate surface area is 167 Å². The second-order valence-electron chi connectivity index (χ2n) is 7.22. The summed E-state index contributed by atoms with van der Waals surface area (Å²) < 4.78 is 21.1. The third-order valence-corrected chi connectivity index (χ3v) is 5.66. The Bertz CT molecular complexity index is 977. The van der Waals surface area contributed by atoms with E-state index in [9.17, 15) is 9.18 Å². The molecule has 144 valence electrons. The Balaban J connectivity index is 1.71. The maximum Gasteiger partial charge on any atom is 0.344 e. The molecule has 0 atom stereocenters. The van der Waals surface area contributed by atoms with Gasteiger partial charge in [-0.15, -0.1) is 0 Å². The van der Waals surface area contributed by atoms with E-state index < -0.39 is 11.4 Å². The van der Waals surface area contributed by atoms with Gasteiger partial charge in [-0.05, 0) is 30.5 Å². The zero-order valence-electron chi connectivity index (χ0n) is 15.8. The molecule has 0 aliphatic carbocycles. The second-order valence-corrected chi connectivity index (χ2v) is 8.14. The highest BCUT2D eigenvalue weighted by molar-refractivity contribution is 9.10. The molecule has 0 saturated heterocycles. The predicted molar refractivity (Wildman–Crippen MR) is 114 cm³/mol. The van der Waals surface area contributed by atoms with Crippen LogP contribution in [0.1, 0.15) is 63.9 Å². The first-order valence-corrected chi connectivity index (χ1v) is 10.7. The quantitative estimate of drug-likeness (QED) is 0.198. The first kappa shape index (κ1) is 20.1. The van der Waals surface area contributed by atoms with Gasteiger partial charge in [-0.25, -0.2) is 9.18 Å². The molecular formula is C23H26BrFO2. The number of hydrogen-bond donors (Lipinski definition) is 0. The number of aryl methyl sites for hydroxylation is 1. The van der Waals surface area contributed by atoms with Crippen molar-refractivity contribution in [3.8, 4) is 0 Å². The molecule has 2 nitrogen and oxygen atoms in total. The molecule has 0 unspecified atom stereocenters. The van der Waals surface area contributed by atoms with E-state index >= 15 is 0 Å². The molecule has 0 amide bonds. The van der Waals surface area contributed by atoms with Crippen molar-refractivity contribution in [2.24, 2.45) is 0 Å². The van der Waals surface area contributed by atoms with Crippen molar-refractivity contribution in [1.29, 1.82) is 0 Å². The number of fused-ring (bicyclic) bond motifs is 3. The standard InChI is InChI=1S/C23H26BrFO2/c1-2-3-4-5-6-7-8-9-10-16-11-13-19-18-14-12-17(24)15-20(18)23(26)27-22(19)21(16)25/h11-15H,2-10H2,1H3. The van der Waals surface area contributed by atoms with Gasteiger partial charge < -0.3 is 4.42 Å². The van der Waals surface area contributed by atoms with Gasteiger partial charge in [0.2, 0.25) is 0 Å². The van der Waals surface area contributed by atoms with E-state index in [2.05, 4.69) is 22.9 Å². The molecule has 0 aliphatic rings. The van der Waals surface area contributed by atoms with Crippen molar-refractivity contribution >= 4 is 37.7 Å². The molecule has 0 saturated carbocycles. The van der Waals surface area contributed by atoms with E-state index in [1.54, 1.807) is 6.07 Å². The van der Waals surface area contributed by atoms with Gasteiger partial charge in [0.05, 0.1) is 5.39 Å². The average molecular weight is 433 g/mol. The van der Waals surface area contributed by atoms with Gasteiger partial charge in [-0.2, -0.15) is 0 Å². The average Bonchev–Trinajstić information content (AvgIpc) is 2.66. The SMILES string of the molecule is CCCCCCCCCCc1ccc2c(oc(=O)c3cc(Br)ccc32)c1F. The molecular weight excluding hydrogens is 407 g/mol. The molecule has 1 heterocycles. The van der Waals surface area contributed by atoms with E-state index in [1.807, 2.05) is 24.3 Å². The van der Waals surface area contributed by atoms with E-state index in [0.29, 0.717) is 22.8 Å². The van der Waals surface area contributed by atoms with Crippen molar-refractivity contribution in [2.75, 3.05) is 0 Å². The maximum atomic E-state index is 14.9. The largest absolute Gasteiger partial charge is 0.419 e. The maximum absolute atomic E-state index is 14.9. The second kappa shape index (κ2) is 9.50. The molecule has 27 heavy (non-hydrogen) atoms. The summed E-state index contributed by atoms with van der Waals surface area (Å²) >= 11 is 3.36. The first-order chi connectivity index (χ1) is 13.1. The summed E-state index contributed by atoms with van der Waals surface area (Å²) in [4.78, 5) is 12.3. The van der Waals surface area contributed by atoms with Crippen molar-refractivity contribution in [1.82, 2.24) is 0 Å². The molecule has 4 heteroatoms. The smallest absolute Gasteiger partial charge is 0.344 e. The Morgan fingerprint density at radius 3 is 2.30 bits per heavy atom. The summed E-state index contributed by atoms with van der Waals surface area (Å²) in [5.41, 5.74) is 0.210. The van der Waals surface area contributed by atoms with Crippen LogP contribution in [0.2, 0.25) is 0 Å². The molecule has 0 fully saturated rings.